The number of benzene rings is 1. The molecule has 6 nitrogen and oxygen atoms in total. The van der Waals surface area contributed by atoms with Crippen molar-refractivity contribution in [3.05, 3.63) is 30.3 Å². The van der Waals surface area contributed by atoms with Gasteiger partial charge in [0.25, 0.3) is 0 Å². The van der Waals surface area contributed by atoms with E-state index in [1.54, 1.807) is 0 Å². The van der Waals surface area contributed by atoms with Crippen molar-refractivity contribution in [3.63, 3.8) is 0 Å². The van der Waals surface area contributed by atoms with E-state index in [0.717, 1.165) is 64.2 Å². The molecule has 1 atom stereocenters. The Kier molecular flexibility index (Phi) is 11.5. The lowest BCUT2D eigenvalue weighted by molar-refractivity contribution is -0.135. The first kappa shape index (κ1) is 25.7. The number of rotatable bonds is 8. The molecule has 1 aliphatic heterocycles. The van der Waals surface area contributed by atoms with Gasteiger partial charge in [0.05, 0.1) is 0 Å². The van der Waals surface area contributed by atoms with Gasteiger partial charge < -0.3 is 20.4 Å². The van der Waals surface area contributed by atoms with E-state index in [-0.39, 0.29) is 29.9 Å². The molecule has 0 aromatic heterocycles. The summed E-state index contributed by atoms with van der Waals surface area (Å²) >= 11 is 0. The third-order valence-electron chi connectivity index (χ3n) is 6.43. The van der Waals surface area contributed by atoms with Gasteiger partial charge in [-0.25, -0.2) is 0 Å². The summed E-state index contributed by atoms with van der Waals surface area (Å²) in [6, 6.07) is 10.8. The first-order chi connectivity index (χ1) is 14.7. The summed E-state index contributed by atoms with van der Waals surface area (Å²) in [5, 5.41) is 6.95. The fourth-order valence-corrected chi connectivity index (χ4v) is 4.57. The molecule has 174 valence electrons. The van der Waals surface area contributed by atoms with Crippen molar-refractivity contribution in [3.8, 4) is 0 Å². The average Bonchev–Trinajstić information content (AvgIpc) is 3.27. The van der Waals surface area contributed by atoms with E-state index in [0.29, 0.717) is 11.9 Å². The van der Waals surface area contributed by atoms with Crippen LogP contribution in [0.15, 0.2) is 35.3 Å². The van der Waals surface area contributed by atoms with Crippen LogP contribution in [-0.2, 0) is 4.79 Å². The summed E-state index contributed by atoms with van der Waals surface area (Å²) in [6.07, 6.45) is 9.09. The maximum atomic E-state index is 12.8. The molecule has 1 aromatic rings. The number of hydrogen-bond donors (Lipinski definition) is 2. The average molecular weight is 542 g/mol. The molecule has 0 radical (unpaired) electrons. The predicted molar refractivity (Wildman–Crippen MR) is 140 cm³/mol. The van der Waals surface area contributed by atoms with Crippen molar-refractivity contribution in [1.29, 1.82) is 0 Å². The monoisotopic (exact) mass is 541 g/mol. The molecule has 1 amide bonds. The number of hydrogen-bond acceptors (Lipinski definition) is 3. The van der Waals surface area contributed by atoms with Crippen molar-refractivity contribution >= 4 is 41.5 Å². The number of likely N-dealkylation sites (tertiary alicyclic amines) is 1. The van der Waals surface area contributed by atoms with Gasteiger partial charge in [0.2, 0.25) is 5.91 Å². The third-order valence-corrected chi connectivity index (χ3v) is 6.43. The number of carbonyl (C=O) groups excluding carboxylic acids is 1. The Hall–Kier alpha value is -1.51. The third kappa shape index (κ3) is 8.16. The molecule has 2 fully saturated rings. The maximum Gasteiger partial charge on any atom is 0.225 e. The summed E-state index contributed by atoms with van der Waals surface area (Å²) in [5.41, 5.74) is 1.26. The molecule has 7 heteroatoms. The molecule has 1 aliphatic carbocycles. The van der Waals surface area contributed by atoms with Gasteiger partial charge >= 0.3 is 0 Å². The minimum Gasteiger partial charge on any atom is -0.375 e. The van der Waals surface area contributed by atoms with E-state index in [9.17, 15) is 4.79 Å². The molecule has 1 saturated heterocycles. The van der Waals surface area contributed by atoms with Gasteiger partial charge in [-0.2, -0.15) is 0 Å². The van der Waals surface area contributed by atoms with Crippen LogP contribution in [0.4, 0.5) is 5.69 Å². The second-order valence-electron chi connectivity index (χ2n) is 8.71. The Labute approximate surface area is 205 Å². The summed E-state index contributed by atoms with van der Waals surface area (Å²) in [7, 11) is 3.96. The SMILES string of the molecule is CN=C(NCCCCN(C)c1ccccc1)NC1CCN(C(=O)C2CCCCC2)C1.I. The number of aliphatic imine (C=N–C) groups is 1. The largest absolute Gasteiger partial charge is 0.375 e. The molecule has 1 aromatic carbocycles. The maximum absolute atomic E-state index is 12.8. The van der Waals surface area contributed by atoms with Crippen molar-refractivity contribution in [1.82, 2.24) is 15.5 Å². The number of unbranched alkanes of at least 4 members (excludes halogenated alkanes) is 1. The summed E-state index contributed by atoms with van der Waals surface area (Å²) in [4.78, 5) is 21.5. The van der Waals surface area contributed by atoms with E-state index in [4.69, 9.17) is 0 Å². The van der Waals surface area contributed by atoms with Gasteiger partial charge in [0.15, 0.2) is 5.96 Å². The highest BCUT2D eigenvalue weighted by Gasteiger charge is 2.31. The van der Waals surface area contributed by atoms with Gasteiger partial charge in [-0.15, -0.1) is 24.0 Å². The normalized spacial score (nSPS) is 19.6. The zero-order chi connectivity index (χ0) is 21.2. The van der Waals surface area contributed by atoms with Crippen molar-refractivity contribution in [2.24, 2.45) is 10.9 Å². The number of carbonyl (C=O) groups is 1. The molecule has 1 saturated carbocycles. The second kappa shape index (κ2) is 13.8. The molecular formula is C24H40IN5O. The molecule has 2 aliphatic rings. The highest BCUT2D eigenvalue weighted by atomic mass is 127. The zero-order valence-corrected chi connectivity index (χ0v) is 21.5. The highest BCUT2D eigenvalue weighted by Crippen LogP contribution is 2.26. The van der Waals surface area contributed by atoms with E-state index >= 15 is 0 Å². The quantitative estimate of drug-likeness (QED) is 0.227. The molecular weight excluding hydrogens is 501 g/mol. The van der Waals surface area contributed by atoms with Crippen molar-refractivity contribution < 1.29 is 4.79 Å². The van der Waals surface area contributed by atoms with Crippen LogP contribution in [0.2, 0.25) is 0 Å². The zero-order valence-electron chi connectivity index (χ0n) is 19.2. The molecule has 3 rings (SSSR count). The standard InChI is InChI=1S/C24H39N5O.HI/c1-25-24(26-16-9-10-17-28(2)22-13-7-4-8-14-22)27-21-15-18-29(19-21)23(30)20-11-5-3-6-12-20;/h4,7-8,13-14,20-21H,3,5-6,9-12,15-19H2,1-2H3,(H2,25,26,27);1H. The van der Waals surface area contributed by atoms with Gasteiger partial charge in [0, 0.05) is 57.9 Å². The number of amides is 1. The second-order valence-corrected chi connectivity index (χ2v) is 8.71. The van der Waals surface area contributed by atoms with Gasteiger partial charge in [-0.1, -0.05) is 37.5 Å². The Morgan fingerprint density at radius 3 is 2.58 bits per heavy atom. The fraction of sp³-hybridized carbons (Fsp3) is 0.667. The van der Waals surface area contributed by atoms with Crippen LogP contribution >= 0.6 is 24.0 Å². The van der Waals surface area contributed by atoms with Gasteiger partial charge in [-0.05, 0) is 44.2 Å². The first-order valence-electron chi connectivity index (χ1n) is 11.7. The number of anilines is 1. The Bertz CT molecular complexity index is 678. The molecule has 1 heterocycles. The Morgan fingerprint density at radius 1 is 1.13 bits per heavy atom. The molecule has 0 spiro atoms. The first-order valence-corrected chi connectivity index (χ1v) is 11.7. The van der Waals surface area contributed by atoms with Crippen LogP contribution in [0.3, 0.4) is 0 Å². The Balaban J connectivity index is 0.00000341. The van der Waals surface area contributed by atoms with Crippen LogP contribution < -0.4 is 15.5 Å². The molecule has 0 bridgehead atoms. The number of halogens is 1. The molecule has 2 N–H and O–H groups in total. The van der Waals surface area contributed by atoms with Crippen LogP contribution in [0.1, 0.15) is 51.4 Å². The van der Waals surface area contributed by atoms with E-state index in [1.807, 2.05) is 7.05 Å². The highest BCUT2D eigenvalue weighted by molar-refractivity contribution is 14.0. The summed E-state index contributed by atoms with van der Waals surface area (Å²) in [6.45, 7) is 3.62. The number of para-hydroxylation sites is 1. The number of nitrogens with one attached hydrogen (secondary N) is 2. The minimum absolute atomic E-state index is 0. The van der Waals surface area contributed by atoms with Crippen LogP contribution in [-0.4, -0.2) is 63.1 Å². The lowest BCUT2D eigenvalue weighted by atomic mass is 9.88. The lowest BCUT2D eigenvalue weighted by Crippen LogP contribution is -2.45. The fourth-order valence-electron chi connectivity index (χ4n) is 4.57. The van der Waals surface area contributed by atoms with Gasteiger partial charge in [0.1, 0.15) is 0 Å². The number of guanidine groups is 1. The van der Waals surface area contributed by atoms with Crippen molar-refractivity contribution in [2.75, 3.05) is 45.2 Å². The summed E-state index contributed by atoms with van der Waals surface area (Å²) < 4.78 is 0. The van der Waals surface area contributed by atoms with E-state index < -0.39 is 0 Å². The molecule has 31 heavy (non-hydrogen) atoms. The van der Waals surface area contributed by atoms with E-state index in [2.05, 4.69) is 62.8 Å². The van der Waals surface area contributed by atoms with E-state index in [1.165, 1.54) is 24.9 Å². The van der Waals surface area contributed by atoms with Crippen molar-refractivity contribution in [2.45, 2.75) is 57.4 Å². The minimum atomic E-state index is 0. The summed E-state index contributed by atoms with van der Waals surface area (Å²) in [5.74, 6) is 1.50. The van der Waals surface area contributed by atoms with Crippen LogP contribution in [0.5, 0.6) is 0 Å². The number of nitrogens with zero attached hydrogens (tertiary/aromatic N) is 3. The van der Waals surface area contributed by atoms with Crippen LogP contribution in [0.25, 0.3) is 0 Å². The topological polar surface area (TPSA) is 60.0 Å². The van der Waals surface area contributed by atoms with Gasteiger partial charge in [-0.3, -0.25) is 9.79 Å². The van der Waals surface area contributed by atoms with Crippen LogP contribution in [0, 0.1) is 5.92 Å². The lowest BCUT2D eigenvalue weighted by Gasteiger charge is -2.26. The predicted octanol–water partition coefficient (Wildman–Crippen LogP) is 3.87. The Morgan fingerprint density at radius 2 is 1.87 bits per heavy atom. The smallest absolute Gasteiger partial charge is 0.225 e. The molecule has 1 unspecified atom stereocenters.